The molecule has 1 N–H and O–H groups in total. The molecule has 0 saturated carbocycles. The van der Waals surface area contributed by atoms with Gasteiger partial charge in [-0.2, -0.15) is 0 Å². The number of nitrogens with one attached hydrogen (secondary N) is 1. The van der Waals surface area contributed by atoms with Crippen molar-refractivity contribution in [3.05, 3.63) is 71.4 Å². The second-order valence-electron chi connectivity index (χ2n) is 8.74. The first-order valence-corrected chi connectivity index (χ1v) is 11.6. The molecule has 0 atom stereocenters. The van der Waals surface area contributed by atoms with E-state index in [4.69, 9.17) is 0 Å². The minimum absolute atomic E-state index is 0.0132. The molecule has 174 valence electrons. The standard InChI is InChI=1S/C26H26N4O4/c31-23(21-16-27-22-9-4-3-6-18(21)22)17-28-12-14-29(15-13-28)24(32)10-5-11-30-25(33)19-7-1-2-8-20(19)26(30)34/h1-4,6-9,16,27H,5,10-15,17H2. The number of ketones is 1. The molecule has 8 heteroatoms. The Hall–Kier alpha value is -3.78. The predicted octanol–water partition coefficient (Wildman–Crippen LogP) is 2.57. The zero-order valence-electron chi connectivity index (χ0n) is 18.8. The van der Waals surface area contributed by atoms with Crippen molar-refractivity contribution >= 4 is 34.4 Å². The molecule has 1 fully saturated rings. The number of H-pyrrole nitrogens is 1. The van der Waals surface area contributed by atoms with Crippen LogP contribution in [0.1, 0.15) is 43.9 Å². The summed E-state index contributed by atoms with van der Waals surface area (Å²) in [5.41, 5.74) is 2.50. The summed E-state index contributed by atoms with van der Waals surface area (Å²) in [6, 6.07) is 14.5. The second kappa shape index (κ2) is 9.23. The zero-order valence-corrected chi connectivity index (χ0v) is 18.8. The highest BCUT2D eigenvalue weighted by molar-refractivity contribution is 6.21. The maximum atomic E-state index is 12.8. The normalized spacial score (nSPS) is 16.4. The van der Waals surface area contributed by atoms with Crippen LogP contribution < -0.4 is 0 Å². The Kier molecular flexibility index (Phi) is 5.98. The fourth-order valence-corrected chi connectivity index (χ4v) is 4.73. The number of carbonyl (C=O) groups excluding carboxylic acids is 4. The van der Waals surface area contributed by atoms with E-state index in [0.29, 0.717) is 55.8 Å². The minimum Gasteiger partial charge on any atom is -0.360 e. The Morgan fingerprint density at radius 2 is 1.50 bits per heavy atom. The van der Waals surface area contributed by atoms with Gasteiger partial charge in [0.15, 0.2) is 5.78 Å². The highest BCUT2D eigenvalue weighted by Gasteiger charge is 2.34. The van der Waals surface area contributed by atoms with Gasteiger partial charge in [0.25, 0.3) is 11.8 Å². The van der Waals surface area contributed by atoms with E-state index in [9.17, 15) is 19.2 Å². The van der Waals surface area contributed by atoms with E-state index in [1.807, 2.05) is 24.3 Å². The van der Waals surface area contributed by atoms with Crippen molar-refractivity contribution in [1.29, 1.82) is 0 Å². The predicted molar refractivity (Wildman–Crippen MR) is 127 cm³/mol. The maximum absolute atomic E-state index is 12.8. The number of benzene rings is 2. The number of carbonyl (C=O) groups is 4. The van der Waals surface area contributed by atoms with Gasteiger partial charge in [-0.3, -0.25) is 29.0 Å². The summed E-state index contributed by atoms with van der Waals surface area (Å²) in [4.78, 5) is 58.6. The van der Waals surface area contributed by atoms with Crippen molar-refractivity contribution in [1.82, 2.24) is 19.7 Å². The molecule has 3 amide bonds. The molecule has 2 aromatic carbocycles. The van der Waals surface area contributed by atoms with Crippen molar-refractivity contribution in [2.75, 3.05) is 39.3 Å². The van der Waals surface area contributed by atoms with Crippen LogP contribution in [0.5, 0.6) is 0 Å². The van der Waals surface area contributed by atoms with Gasteiger partial charge in [-0.1, -0.05) is 30.3 Å². The summed E-state index contributed by atoms with van der Waals surface area (Å²) in [6.07, 6.45) is 2.48. The Morgan fingerprint density at radius 1 is 0.853 bits per heavy atom. The van der Waals surface area contributed by atoms with E-state index < -0.39 is 0 Å². The smallest absolute Gasteiger partial charge is 0.261 e. The number of aromatic nitrogens is 1. The number of fused-ring (bicyclic) bond motifs is 2. The van der Waals surface area contributed by atoms with Crippen LogP contribution in [0.3, 0.4) is 0 Å². The highest BCUT2D eigenvalue weighted by atomic mass is 16.2. The first kappa shape index (κ1) is 22.0. The molecular weight excluding hydrogens is 432 g/mol. The van der Waals surface area contributed by atoms with Crippen molar-refractivity contribution in [3.8, 4) is 0 Å². The average Bonchev–Trinajstić information content (AvgIpc) is 3.40. The monoisotopic (exact) mass is 458 g/mol. The fraction of sp³-hybridized carbons (Fsp3) is 0.308. The Labute approximate surface area is 197 Å². The van der Waals surface area contributed by atoms with Crippen molar-refractivity contribution in [2.45, 2.75) is 12.8 Å². The van der Waals surface area contributed by atoms with E-state index >= 15 is 0 Å². The number of piperazine rings is 1. The molecule has 0 radical (unpaired) electrons. The van der Waals surface area contributed by atoms with Crippen LogP contribution in [0.15, 0.2) is 54.7 Å². The first-order valence-electron chi connectivity index (χ1n) is 11.6. The van der Waals surface area contributed by atoms with E-state index in [1.54, 1.807) is 35.4 Å². The molecular formula is C26H26N4O4. The topological polar surface area (TPSA) is 93.8 Å². The van der Waals surface area contributed by atoms with Crippen LogP contribution in [0, 0.1) is 0 Å². The molecule has 3 aromatic rings. The van der Waals surface area contributed by atoms with Crippen LogP contribution in [0.2, 0.25) is 0 Å². The highest BCUT2D eigenvalue weighted by Crippen LogP contribution is 2.23. The van der Waals surface area contributed by atoms with Gasteiger partial charge in [0.2, 0.25) is 5.91 Å². The summed E-state index contributed by atoms with van der Waals surface area (Å²) in [7, 11) is 0. The fourth-order valence-electron chi connectivity index (χ4n) is 4.73. The molecule has 34 heavy (non-hydrogen) atoms. The first-order chi connectivity index (χ1) is 16.5. The van der Waals surface area contributed by atoms with E-state index in [2.05, 4.69) is 9.88 Å². The number of para-hydroxylation sites is 1. The molecule has 5 rings (SSSR count). The molecule has 1 aromatic heterocycles. The van der Waals surface area contributed by atoms with Crippen LogP contribution >= 0.6 is 0 Å². The number of hydrogen-bond acceptors (Lipinski definition) is 5. The molecule has 0 spiro atoms. The summed E-state index contributed by atoms with van der Waals surface area (Å²) in [6.45, 7) is 2.96. The van der Waals surface area contributed by atoms with Crippen LogP contribution in [0.4, 0.5) is 0 Å². The van der Waals surface area contributed by atoms with Gasteiger partial charge in [0, 0.05) is 61.8 Å². The lowest BCUT2D eigenvalue weighted by atomic mass is 10.1. The molecule has 0 unspecified atom stereocenters. The minimum atomic E-state index is -0.290. The maximum Gasteiger partial charge on any atom is 0.261 e. The van der Waals surface area contributed by atoms with Gasteiger partial charge in [-0.25, -0.2) is 0 Å². The third kappa shape index (κ3) is 4.12. The third-order valence-corrected chi connectivity index (χ3v) is 6.63. The Balaban J connectivity index is 1.07. The molecule has 1 saturated heterocycles. The number of imide groups is 1. The van der Waals surface area contributed by atoms with Crippen molar-refractivity contribution in [2.24, 2.45) is 0 Å². The molecule has 0 bridgehead atoms. The lowest BCUT2D eigenvalue weighted by Gasteiger charge is -2.34. The van der Waals surface area contributed by atoms with Gasteiger partial charge in [0.1, 0.15) is 0 Å². The van der Waals surface area contributed by atoms with Gasteiger partial charge < -0.3 is 9.88 Å². The molecule has 2 aliphatic heterocycles. The largest absolute Gasteiger partial charge is 0.360 e. The number of nitrogens with zero attached hydrogens (tertiary/aromatic N) is 3. The average molecular weight is 459 g/mol. The number of rotatable bonds is 7. The number of hydrogen-bond donors (Lipinski definition) is 1. The van der Waals surface area contributed by atoms with Gasteiger partial charge in [0.05, 0.1) is 17.7 Å². The number of amides is 3. The molecule has 3 heterocycles. The van der Waals surface area contributed by atoms with E-state index in [-0.39, 0.29) is 36.5 Å². The summed E-state index contributed by atoms with van der Waals surface area (Å²) in [5.74, 6) is -0.500. The van der Waals surface area contributed by atoms with Crippen LogP contribution in [0.25, 0.3) is 10.9 Å². The van der Waals surface area contributed by atoms with E-state index in [1.165, 1.54) is 4.90 Å². The van der Waals surface area contributed by atoms with Crippen molar-refractivity contribution < 1.29 is 19.2 Å². The summed E-state index contributed by atoms with van der Waals surface area (Å²) in [5, 5.41) is 0.930. The second-order valence-corrected chi connectivity index (χ2v) is 8.74. The summed E-state index contributed by atoms with van der Waals surface area (Å²) >= 11 is 0. The summed E-state index contributed by atoms with van der Waals surface area (Å²) < 4.78 is 0. The molecule has 2 aliphatic rings. The van der Waals surface area contributed by atoms with E-state index in [0.717, 1.165) is 10.9 Å². The van der Waals surface area contributed by atoms with Crippen LogP contribution in [-0.2, 0) is 4.79 Å². The number of aromatic amines is 1. The van der Waals surface area contributed by atoms with Gasteiger partial charge >= 0.3 is 0 Å². The van der Waals surface area contributed by atoms with Crippen molar-refractivity contribution in [3.63, 3.8) is 0 Å². The number of Topliss-reactive ketones (excluding diaryl/α,β-unsaturated/α-hetero) is 1. The Morgan fingerprint density at radius 3 is 2.21 bits per heavy atom. The lowest BCUT2D eigenvalue weighted by molar-refractivity contribution is -0.133. The lowest BCUT2D eigenvalue weighted by Crippen LogP contribution is -2.50. The SMILES string of the molecule is O=C(CN1CCN(C(=O)CCCN2C(=O)c3ccccc3C2=O)CC1)c1c[nH]c2ccccc12. The Bertz CT molecular complexity index is 1240. The van der Waals surface area contributed by atoms with Crippen LogP contribution in [-0.4, -0.2) is 82.5 Å². The molecule has 0 aliphatic carbocycles. The van der Waals surface area contributed by atoms with Gasteiger partial charge in [-0.15, -0.1) is 0 Å². The molecule has 8 nitrogen and oxygen atoms in total. The zero-order chi connectivity index (χ0) is 23.7. The van der Waals surface area contributed by atoms with Gasteiger partial charge in [-0.05, 0) is 24.6 Å². The third-order valence-electron chi connectivity index (χ3n) is 6.63. The quantitative estimate of drug-likeness (QED) is 0.434.